The van der Waals surface area contributed by atoms with Gasteiger partial charge >= 0.3 is 0 Å². The second kappa shape index (κ2) is 9.18. The van der Waals surface area contributed by atoms with Crippen molar-refractivity contribution in [1.29, 1.82) is 0 Å². The summed E-state index contributed by atoms with van der Waals surface area (Å²) in [7, 11) is 1.84. The topological polar surface area (TPSA) is 63.3 Å². The SMILES string of the molecule is CSc1ccccc1NC(=O)CN(C)Cn1nc(-c2ccccc2C)oc1=S. The number of carbonyl (C=O) groups is 1. The lowest BCUT2D eigenvalue weighted by atomic mass is 10.1. The molecule has 0 aliphatic heterocycles. The van der Waals surface area contributed by atoms with Gasteiger partial charge in [0.1, 0.15) is 0 Å². The Morgan fingerprint density at radius 2 is 1.96 bits per heavy atom. The quantitative estimate of drug-likeness (QED) is 0.456. The average molecular weight is 415 g/mol. The minimum Gasteiger partial charge on any atom is -0.409 e. The Labute approximate surface area is 173 Å². The zero-order chi connectivity index (χ0) is 20.1. The molecule has 1 heterocycles. The summed E-state index contributed by atoms with van der Waals surface area (Å²) in [5.74, 6) is 0.382. The lowest BCUT2D eigenvalue weighted by Gasteiger charge is -2.16. The summed E-state index contributed by atoms with van der Waals surface area (Å²) in [4.78, 5) is 15.5. The third kappa shape index (κ3) is 4.89. The maximum atomic E-state index is 12.4. The van der Waals surface area contributed by atoms with Crippen LogP contribution in [0.5, 0.6) is 0 Å². The van der Waals surface area contributed by atoms with Gasteiger partial charge in [-0.05, 0) is 56.2 Å². The molecule has 28 heavy (non-hydrogen) atoms. The fourth-order valence-corrected chi connectivity index (χ4v) is 3.51. The summed E-state index contributed by atoms with van der Waals surface area (Å²) in [6.07, 6.45) is 1.98. The van der Waals surface area contributed by atoms with Crippen molar-refractivity contribution in [1.82, 2.24) is 14.7 Å². The first kappa shape index (κ1) is 20.3. The first-order valence-corrected chi connectivity index (χ1v) is 10.4. The lowest BCUT2D eigenvalue weighted by Crippen LogP contribution is -2.32. The van der Waals surface area contributed by atoms with E-state index in [1.807, 2.05) is 73.7 Å². The van der Waals surface area contributed by atoms with Gasteiger partial charge < -0.3 is 9.73 Å². The van der Waals surface area contributed by atoms with Crippen LogP contribution < -0.4 is 5.32 Å². The molecule has 1 amide bonds. The predicted octanol–water partition coefficient (Wildman–Crippen LogP) is 4.43. The number of amides is 1. The third-order valence-electron chi connectivity index (χ3n) is 4.15. The molecule has 8 heteroatoms. The van der Waals surface area contributed by atoms with Gasteiger partial charge in [-0.25, -0.2) is 4.68 Å². The van der Waals surface area contributed by atoms with E-state index in [9.17, 15) is 4.79 Å². The zero-order valence-corrected chi connectivity index (χ0v) is 17.6. The molecular weight excluding hydrogens is 392 g/mol. The number of para-hydroxylation sites is 1. The van der Waals surface area contributed by atoms with Crippen LogP contribution >= 0.6 is 24.0 Å². The number of hydrogen-bond acceptors (Lipinski definition) is 6. The third-order valence-corrected chi connectivity index (χ3v) is 5.24. The average Bonchev–Trinajstić information content (AvgIpc) is 3.02. The van der Waals surface area contributed by atoms with E-state index in [2.05, 4.69) is 10.4 Å². The van der Waals surface area contributed by atoms with Gasteiger partial charge in [0, 0.05) is 10.5 Å². The predicted molar refractivity (Wildman–Crippen MR) is 115 cm³/mol. The first-order valence-electron chi connectivity index (χ1n) is 8.73. The highest BCUT2D eigenvalue weighted by atomic mass is 32.2. The molecule has 0 fully saturated rings. The van der Waals surface area contributed by atoms with Gasteiger partial charge in [-0.2, -0.15) is 0 Å². The van der Waals surface area contributed by atoms with Crippen molar-refractivity contribution in [3.05, 3.63) is 58.9 Å². The van der Waals surface area contributed by atoms with Crippen molar-refractivity contribution >= 4 is 35.6 Å². The number of hydrogen-bond donors (Lipinski definition) is 1. The number of benzene rings is 2. The van der Waals surface area contributed by atoms with Crippen LogP contribution in [0.2, 0.25) is 0 Å². The summed E-state index contributed by atoms with van der Waals surface area (Å²) < 4.78 is 7.23. The molecule has 0 saturated heterocycles. The molecule has 0 unspecified atom stereocenters. The van der Waals surface area contributed by atoms with Crippen molar-refractivity contribution in [2.45, 2.75) is 18.5 Å². The van der Waals surface area contributed by atoms with Crippen LogP contribution in [0, 0.1) is 11.8 Å². The number of nitrogens with zero attached hydrogens (tertiary/aromatic N) is 3. The molecule has 0 aliphatic rings. The van der Waals surface area contributed by atoms with Gasteiger partial charge in [0.25, 0.3) is 4.84 Å². The van der Waals surface area contributed by atoms with E-state index in [1.165, 1.54) is 0 Å². The van der Waals surface area contributed by atoms with Gasteiger partial charge in [-0.1, -0.05) is 30.3 Å². The van der Waals surface area contributed by atoms with Crippen molar-refractivity contribution in [3.8, 4) is 11.5 Å². The van der Waals surface area contributed by atoms with Crippen LogP contribution in [0.25, 0.3) is 11.5 Å². The van der Waals surface area contributed by atoms with E-state index >= 15 is 0 Å². The monoisotopic (exact) mass is 414 g/mol. The molecule has 3 aromatic rings. The summed E-state index contributed by atoms with van der Waals surface area (Å²) in [6.45, 7) is 2.55. The Morgan fingerprint density at radius 1 is 1.25 bits per heavy atom. The van der Waals surface area contributed by atoms with Crippen LogP contribution in [0.3, 0.4) is 0 Å². The van der Waals surface area contributed by atoms with Gasteiger partial charge in [0.05, 0.1) is 18.9 Å². The number of nitrogens with one attached hydrogen (secondary N) is 1. The van der Waals surface area contributed by atoms with Gasteiger partial charge in [0.15, 0.2) is 0 Å². The zero-order valence-electron chi connectivity index (χ0n) is 16.0. The van der Waals surface area contributed by atoms with E-state index in [4.69, 9.17) is 16.6 Å². The number of rotatable bonds is 7. The molecule has 1 N–H and O–H groups in total. The Bertz CT molecular complexity index is 1030. The number of likely N-dealkylation sites (N-methyl/N-ethyl adjacent to an activating group) is 1. The normalized spacial score (nSPS) is 11.0. The number of anilines is 1. The standard InChI is InChI=1S/C20H22N4O2S2/c1-14-8-4-5-9-15(14)19-22-24(20(27)26-19)13-23(2)12-18(25)21-16-10-6-7-11-17(16)28-3/h4-11H,12-13H2,1-3H3,(H,21,25). The maximum Gasteiger partial charge on any atom is 0.288 e. The number of carbonyl (C=O) groups excluding carboxylic acids is 1. The van der Waals surface area contributed by atoms with Crippen LogP contribution in [0.1, 0.15) is 5.56 Å². The molecule has 0 spiro atoms. The molecule has 0 atom stereocenters. The second-order valence-electron chi connectivity index (χ2n) is 6.39. The van der Waals surface area contributed by atoms with E-state index in [0.717, 1.165) is 21.7 Å². The van der Waals surface area contributed by atoms with Crippen LogP contribution in [0.4, 0.5) is 5.69 Å². The van der Waals surface area contributed by atoms with E-state index in [0.29, 0.717) is 12.6 Å². The van der Waals surface area contributed by atoms with E-state index in [-0.39, 0.29) is 17.3 Å². The van der Waals surface area contributed by atoms with Crippen LogP contribution in [-0.2, 0) is 11.5 Å². The molecule has 3 rings (SSSR count). The Kier molecular flexibility index (Phi) is 6.66. The summed E-state index contributed by atoms with van der Waals surface area (Å²) in [6, 6.07) is 15.6. The molecule has 0 saturated carbocycles. The lowest BCUT2D eigenvalue weighted by molar-refractivity contribution is -0.117. The first-order chi connectivity index (χ1) is 13.5. The minimum absolute atomic E-state index is 0.0989. The number of thioether (sulfide) groups is 1. The summed E-state index contributed by atoms with van der Waals surface area (Å²) in [5.41, 5.74) is 2.78. The minimum atomic E-state index is -0.0989. The van der Waals surface area contributed by atoms with Crippen molar-refractivity contribution in [2.24, 2.45) is 0 Å². The molecule has 2 aromatic carbocycles. The molecule has 1 aromatic heterocycles. The van der Waals surface area contributed by atoms with E-state index < -0.39 is 0 Å². The Morgan fingerprint density at radius 3 is 2.71 bits per heavy atom. The van der Waals surface area contributed by atoms with Gasteiger partial charge in [0.2, 0.25) is 11.8 Å². The fraction of sp³-hybridized carbons (Fsp3) is 0.250. The van der Waals surface area contributed by atoms with Gasteiger partial charge in [-0.15, -0.1) is 16.9 Å². The van der Waals surface area contributed by atoms with Crippen molar-refractivity contribution in [2.75, 3.05) is 25.2 Å². The van der Waals surface area contributed by atoms with Crippen LogP contribution in [0.15, 0.2) is 57.8 Å². The van der Waals surface area contributed by atoms with Crippen LogP contribution in [-0.4, -0.2) is 40.4 Å². The molecular formula is C20H22N4O2S2. The largest absolute Gasteiger partial charge is 0.409 e. The Hall–Kier alpha value is -2.42. The summed E-state index contributed by atoms with van der Waals surface area (Å²) >= 11 is 6.88. The smallest absolute Gasteiger partial charge is 0.288 e. The highest BCUT2D eigenvalue weighted by molar-refractivity contribution is 7.98. The molecule has 0 bridgehead atoms. The Balaban J connectivity index is 1.65. The molecule has 0 radical (unpaired) electrons. The van der Waals surface area contributed by atoms with Crippen molar-refractivity contribution in [3.63, 3.8) is 0 Å². The molecule has 6 nitrogen and oxygen atoms in total. The number of aromatic nitrogens is 2. The fourth-order valence-electron chi connectivity index (χ4n) is 2.78. The summed E-state index contributed by atoms with van der Waals surface area (Å²) in [5, 5.41) is 7.42. The maximum absolute atomic E-state index is 12.4. The van der Waals surface area contributed by atoms with E-state index in [1.54, 1.807) is 16.4 Å². The van der Waals surface area contributed by atoms with Gasteiger partial charge in [-0.3, -0.25) is 9.69 Å². The highest BCUT2D eigenvalue weighted by Crippen LogP contribution is 2.24. The van der Waals surface area contributed by atoms with Crippen molar-refractivity contribution < 1.29 is 9.21 Å². The number of aryl methyl sites for hydroxylation is 1. The highest BCUT2D eigenvalue weighted by Gasteiger charge is 2.14. The second-order valence-corrected chi connectivity index (χ2v) is 7.59. The molecule has 146 valence electrons. The molecule has 0 aliphatic carbocycles.